The molecule has 0 amide bonds. The molecule has 104 valence electrons. The van der Waals surface area contributed by atoms with Gasteiger partial charge in [-0.25, -0.2) is 0 Å². The molecule has 0 aromatic heterocycles. The Morgan fingerprint density at radius 3 is 1.39 bits per heavy atom. The van der Waals surface area contributed by atoms with Crippen molar-refractivity contribution < 1.29 is 16.9 Å². The van der Waals surface area contributed by atoms with E-state index in [1.165, 1.54) is 12.1 Å². The van der Waals surface area contributed by atoms with Crippen molar-refractivity contribution >= 4 is 21.6 Å². The minimum atomic E-state index is -5.69. The van der Waals surface area contributed by atoms with Crippen LogP contribution in [-0.4, -0.2) is 8.12 Å². The SMILES string of the molecule is BF.CC(C)c1cc(C(C)C)cc([PH](F)(F)F)c1. The van der Waals surface area contributed by atoms with Crippen LogP contribution in [0.3, 0.4) is 0 Å². The van der Waals surface area contributed by atoms with Crippen LogP contribution >= 0.6 is 8.19 Å². The Balaban J connectivity index is 0.00000137. The molecule has 0 N–H and O–H groups in total. The Bertz CT molecular complexity index is 349. The molecule has 0 nitrogen and oxygen atoms in total. The van der Waals surface area contributed by atoms with Gasteiger partial charge in [0.1, 0.15) is 0 Å². The fourth-order valence-corrected chi connectivity index (χ4v) is 2.17. The second-order valence-corrected chi connectivity index (χ2v) is 6.27. The standard InChI is InChI=1S/C12H18F3P.BFH2/c1-8(2)10-5-11(9(3)4)7-12(6-10)16(13,14)15;1-2/h5-9,16H,1-4H3;1H2. The summed E-state index contributed by atoms with van der Waals surface area (Å²) in [5, 5.41) is -0.401. The van der Waals surface area contributed by atoms with Crippen LogP contribution in [0.25, 0.3) is 0 Å². The molecular weight excluding hydrogens is 262 g/mol. The van der Waals surface area contributed by atoms with Crippen molar-refractivity contribution in [1.82, 2.24) is 0 Å². The summed E-state index contributed by atoms with van der Waals surface area (Å²) in [6, 6.07) is 4.50. The van der Waals surface area contributed by atoms with Gasteiger partial charge in [0, 0.05) is 0 Å². The summed E-state index contributed by atoms with van der Waals surface area (Å²) in [5.41, 5.74) is 1.57. The molecule has 18 heavy (non-hydrogen) atoms. The Hall–Kier alpha value is -0.565. The quantitative estimate of drug-likeness (QED) is 0.436. The van der Waals surface area contributed by atoms with E-state index < -0.39 is 13.5 Å². The van der Waals surface area contributed by atoms with E-state index in [1.54, 1.807) is 0 Å². The van der Waals surface area contributed by atoms with Gasteiger partial charge in [-0.2, -0.15) is 0 Å². The molecule has 0 aliphatic heterocycles. The van der Waals surface area contributed by atoms with Crippen molar-refractivity contribution in [3.63, 3.8) is 0 Å². The zero-order valence-electron chi connectivity index (χ0n) is 11.4. The van der Waals surface area contributed by atoms with Crippen molar-refractivity contribution in [2.24, 2.45) is 0 Å². The number of hydrogen-bond acceptors (Lipinski definition) is 0. The maximum absolute atomic E-state index is 12.8. The fraction of sp³-hybridized carbons (Fsp3) is 0.500. The van der Waals surface area contributed by atoms with Gasteiger partial charge in [0.15, 0.2) is 0 Å². The fourth-order valence-electron chi connectivity index (χ4n) is 1.51. The number of hydrogen-bond donors (Lipinski definition) is 0. The topological polar surface area (TPSA) is 0 Å². The summed E-state index contributed by atoms with van der Waals surface area (Å²) in [4.78, 5) is 0. The predicted molar refractivity (Wildman–Crippen MR) is 75.5 cm³/mol. The predicted octanol–water partition coefficient (Wildman–Crippen LogP) is 4.47. The van der Waals surface area contributed by atoms with Gasteiger partial charge in [0.05, 0.1) is 0 Å². The first-order valence-electron chi connectivity index (χ1n) is 5.81. The minimum absolute atomic E-state index is 0.133. The molecule has 1 aromatic carbocycles. The Labute approximate surface area is 108 Å². The summed E-state index contributed by atoms with van der Waals surface area (Å²) in [6.45, 7) is 7.67. The molecule has 0 unspecified atom stereocenters. The molecule has 0 heterocycles. The second kappa shape index (κ2) is 7.13. The molecule has 0 atom stereocenters. The van der Waals surface area contributed by atoms with E-state index in [4.69, 9.17) is 0 Å². The Morgan fingerprint density at radius 1 is 0.833 bits per heavy atom. The number of rotatable bonds is 3. The van der Waals surface area contributed by atoms with Crippen LogP contribution in [0.5, 0.6) is 0 Å². The Morgan fingerprint density at radius 2 is 1.17 bits per heavy atom. The van der Waals surface area contributed by atoms with Crippen molar-refractivity contribution in [3.8, 4) is 0 Å². The van der Waals surface area contributed by atoms with Crippen molar-refractivity contribution in [1.29, 1.82) is 0 Å². The molecule has 0 bridgehead atoms. The van der Waals surface area contributed by atoms with E-state index in [1.807, 2.05) is 33.8 Å². The molecule has 1 rings (SSSR count). The molecule has 0 aliphatic rings. The van der Waals surface area contributed by atoms with Gasteiger partial charge in [-0.15, -0.1) is 0 Å². The van der Waals surface area contributed by atoms with Crippen LogP contribution in [0, 0.1) is 0 Å². The van der Waals surface area contributed by atoms with Crippen molar-refractivity contribution in [2.45, 2.75) is 39.5 Å². The molecule has 0 fully saturated rings. The summed E-state index contributed by atoms with van der Waals surface area (Å²) in [7, 11) is -5.19. The van der Waals surface area contributed by atoms with Gasteiger partial charge in [-0.1, -0.05) is 0 Å². The molecule has 1 aromatic rings. The van der Waals surface area contributed by atoms with Crippen LogP contribution in [0.15, 0.2) is 18.2 Å². The molecular formula is C12H20BF4P. The van der Waals surface area contributed by atoms with Gasteiger partial charge >= 0.3 is 103 Å². The van der Waals surface area contributed by atoms with Gasteiger partial charge < -0.3 is 4.32 Å². The van der Waals surface area contributed by atoms with E-state index in [9.17, 15) is 16.9 Å². The summed E-state index contributed by atoms with van der Waals surface area (Å²) in [5.74, 6) is 0.266. The van der Waals surface area contributed by atoms with E-state index >= 15 is 0 Å². The molecule has 0 aliphatic carbocycles. The van der Waals surface area contributed by atoms with Crippen molar-refractivity contribution in [2.75, 3.05) is 0 Å². The molecule has 0 saturated heterocycles. The first-order chi connectivity index (χ1) is 8.21. The second-order valence-electron chi connectivity index (χ2n) is 4.70. The number of benzene rings is 1. The summed E-state index contributed by atoms with van der Waals surface area (Å²) < 4.78 is 47.9. The monoisotopic (exact) mass is 282 g/mol. The van der Waals surface area contributed by atoms with E-state index in [2.05, 4.69) is 0 Å². The average molecular weight is 282 g/mol. The van der Waals surface area contributed by atoms with E-state index in [0.717, 1.165) is 11.1 Å². The summed E-state index contributed by atoms with van der Waals surface area (Å²) in [6.07, 6.45) is 0. The molecule has 0 radical (unpaired) electrons. The van der Waals surface area contributed by atoms with Crippen LogP contribution in [0.1, 0.15) is 50.7 Å². The third-order valence-corrected chi connectivity index (χ3v) is 3.58. The van der Waals surface area contributed by atoms with E-state index in [0.29, 0.717) is 8.12 Å². The molecule has 6 heteroatoms. The first-order valence-corrected chi connectivity index (χ1v) is 7.45. The van der Waals surface area contributed by atoms with Crippen LogP contribution in [-0.2, 0) is 0 Å². The van der Waals surface area contributed by atoms with Crippen LogP contribution in [0.4, 0.5) is 16.9 Å². The molecule has 0 saturated carbocycles. The third kappa shape index (κ3) is 4.97. The molecule has 0 spiro atoms. The third-order valence-electron chi connectivity index (χ3n) is 2.64. The van der Waals surface area contributed by atoms with Gasteiger partial charge in [-0.3, -0.25) is 0 Å². The van der Waals surface area contributed by atoms with Crippen LogP contribution in [0.2, 0.25) is 0 Å². The van der Waals surface area contributed by atoms with Gasteiger partial charge in [0.2, 0.25) is 0 Å². The van der Waals surface area contributed by atoms with Gasteiger partial charge in [0.25, 0.3) is 0 Å². The number of halogens is 4. The zero-order chi connectivity index (χ0) is 14.5. The van der Waals surface area contributed by atoms with E-state index in [-0.39, 0.29) is 11.8 Å². The van der Waals surface area contributed by atoms with Gasteiger partial charge in [-0.05, 0) is 0 Å². The van der Waals surface area contributed by atoms with Crippen LogP contribution < -0.4 is 5.30 Å². The zero-order valence-corrected chi connectivity index (χ0v) is 12.4. The maximum atomic E-state index is 12.8. The first kappa shape index (κ1) is 17.4. The summed E-state index contributed by atoms with van der Waals surface area (Å²) >= 11 is 0. The average Bonchev–Trinajstić information content (AvgIpc) is 2.29. The Kier molecular flexibility index (Phi) is 6.91. The van der Waals surface area contributed by atoms with Crippen molar-refractivity contribution in [3.05, 3.63) is 29.3 Å². The normalized spacial score (nSPS) is 12.3.